The Morgan fingerprint density at radius 1 is 1.08 bits per heavy atom. The third kappa shape index (κ3) is 5.91. The number of carbonyl (C=O) groups excluding carboxylic acids is 1. The first-order chi connectivity index (χ1) is 17.3. The molecule has 4 rings (SSSR count). The van der Waals surface area contributed by atoms with E-state index < -0.39 is 28.0 Å². The summed E-state index contributed by atoms with van der Waals surface area (Å²) in [5.74, 6) is -1.90. The van der Waals surface area contributed by atoms with Crippen molar-refractivity contribution in [1.82, 2.24) is 19.1 Å². The van der Waals surface area contributed by atoms with Gasteiger partial charge in [0.15, 0.2) is 5.82 Å². The van der Waals surface area contributed by atoms with Gasteiger partial charge in [-0.15, -0.1) is 5.10 Å². The minimum atomic E-state index is -4.35. The summed E-state index contributed by atoms with van der Waals surface area (Å²) in [7, 11) is -4.07. The Hall–Kier alpha value is -3.51. The molecule has 12 heteroatoms. The maximum atomic E-state index is 13.1. The molecule has 1 aliphatic heterocycles. The third-order valence-electron chi connectivity index (χ3n) is 6.21. The lowest BCUT2D eigenvalue weighted by molar-refractivity contribution is -0.182. The molecule has 2 N–H and O–H groups in total. The van der Waals surface area contributed by atoms with Crippen molar-refractivity contribution in [3.63, 3.8) is 0 Å². The average Bonchev–Trinajstić information content (AvgIpc) is 3.30. The zero-order valence-electron chi connectivity index (χ0n) is 20.2. The van der Waals surface area contributed by atoms with Crippen molar-refractivity contribution in [2.45, 2.75) is 37.8 Å². The maximum Gasteiger partial charge on any atom is 0.391 e. The van der Waals surface area contributed by atoms with Gasteiger partial charge in [0.05, 0.1) is 16.4 Å². The number of amides is 1. The summed E-state index contributed by atoms with van der Waals surface area (Å²) < 4.78 is 67.6. The number of sulfonamides is 1. The quantitative estimate of drug-likeness (QED) is 0.482. The fourth-order valence-corrected chi connectivity index (χ4v) is 5.90. The third-order valence-corrected chi connectivity index (χ3v) is 8.11. The Morgan fingerprint density at radius 3 is 2.32 bits per heavy atom. The molecule has 0 atom stereocenters. The van der Waals surface area contributed by atoms with Crippen molar-refractivity contribution in [3.8, 4) is 11.4 Å². The normalized spacial score (nSPS) is 16.2. The highest BCUT2D eigenvalue weighted by atomic mass is 32.2. The smallest absolute Gasteiger partial charge is 0.366 e. The van der Waals surface area contributed by atoms with E-state index in [0.717, 1.165) is 21.0 Å². The number of nitrogens with zero attached hydrogens (tertiary/aromatic N) is 4. The van der Waals surface area contributed by atoms with Crippen molar-refractivity contribution >= 4 is 27.7 Å². The SMILES string of the molecule is Cc1cc(C)cc(-c2ncn(/C=C(/C(N)=O)c3cccc(S(=O)(=O)N4CCC(C(F)(F)F)CC4)c3)n2)c1. The predicted octanol–water partition coefficient (Wildman–Crippen LogP) is 4.01. The van der Waals surface area contributed by atoms with E-state index in [-0.39, 0.29) is 42.0 Å². The molecule has 2 aromatic carbocycles. The molecule has 1 saturated heterocycles. The van der Waals surface area contributed by atoms with Gasteiger partial charge in [-0.2, -0.15) is 17.5 Å². The van der Waals surface area contributed by atoms with Gasteiger partial charge in [-0.05, 0) is 56.5 Å². The number of nitrogens with two attached hydrogens (primary N) is 1. The summed E-state index contributed by atoms with van der Waals surface area (Å²) in [5.41, 5.74) is 8.69. The second kappa shape index (κ2) is 10.1. The van der Waals surface area contributed by atoms with Gasteiger partial charge in [-0.1, -0.05) is 29.3 Å². The Morgan fingerprint density at radius 2 is 1.73 bits per heavy atom. The monoisotopic (exact) mass is 533 g/mol. The highest BCUT2D eigenvalue weighted by Crippen LogP contribution is 2.35. The lowest BCUT2D eigenvalue weighted by Crippen LogP contribution is -2.42. The van der Waals surface area contributed by atoms with Crippen LogP contribution in [0.4, 0.5) is 13.2 Å². The van der Waals surface area contributed by atoms with Crippen molar-refractivity contribution < 1.29 is 26.4 Å². The van der Waals surface area contributed by atoms with Crippen LogP contribution in [0.25, 0.3) is 23.2 Å². The molecule has 2 heterocycles. The zero-order chi connectivity index (χ0) is 27.0. The summed E-state index contributed by atoms with van der Waals surface area (Å²) >= 11 is 0. The van der Waals surface area contributed by atoms with Crippen LogP contribution in [-0.4, -0.2) is 52.7 Å². The van der Waals surface area contributed by atoms with E-state index in [1.807, 2.05) is 32.0 Å². The van der Waals surface area contributed by atoms with Crippen molar-refractivity contribution in [1.29, 1.82) is 0 Å². The Labute approximate surface area is 212 Å². The topological polar surface area (TPSA) is 111 Å². The van der Waals surface area contributed by atoms with Crippen LogP contribution in [0, 0.1) is 19.8 Å². The molecule has 3 aromatic rings. The molecule has 0 bridgehead atoms. The van der Waals surface area contributed by atoms with Gasteiger partial charge in [0.1, 0.15) is 6.33 Å². The van der Waals surface area contributed by atoms with Crippen molar-refractivity contribution in [3.05, 3.63) is 65.5 Å². The van der Waals surface area contributed by atoms with Crippen molar-refractivity contribution in [2.75, 3.05) is 13.1 Å². The van der Waals surface area contributed by atoms with Gasteiger partial charge in [0, 0.05) is 24.9 Å². The van der Waals surface area contributed by atoms with Gasteiger partial charge in [-0.3, -0.25) is 4.79 Å². The molecule has 1 aliphatic rings. The number of alkyl halides is 3. The Balaban J connectivity index is 1.61. The molecule has 0 radical (unpaired) electrons. The minimum absolute atomic E-state index is 0.00953. The van der Waals surface area contributed by atoms with Gasteiger partial charge in [0.2, 0.25) is 10.0 Å². The van der Waals surface area contributed by atoms with E-state index in [1.165, 1.54) is 41.5 Å². The number of carbonyl (C=O) groups is 1. The van der Waals surface area contributed by atoms with E-state index in [2.05, 4.69) is 10.1 Å². The first-order valence-corrected chi connectivity index (χ1v) is 13.0. The number of hydrogen-bond acceptors (Lipinski definition) is 5. The molecule has 1 amide bonds. The number of piperidine rings is 1. The number of aryl methyl sites for hydroxylation is 2. The number of benzene rings is 2. The number of aromatic nitrogens is 3. The van der Waals surface area contributed by atoms with Crippen LogP contribution in [0.2, 0.25) is 0 Å². The van der Waals surface area contributed by atoms with Gasteiger partial charge in [-0.25, -0.2) is 18.1 Å². The molecule has 196 valence electrons. The molecule has 37 heavy (non-hydrogen) atoms. The number of rotatable bonds is 6. The first-order valence-electron chi connectivity index (χ1n) is 11.5. The molecule has 8 nitrogen and oxygen atoms in total. The number of primary amides is 1. The fraction of sp³-hybridized carbons (Fsp3) is 0.320. The molecule has 1 fully saturated rings. The largest absolute Gasteiger partial charge is 0.391 e. The zero-order valence-corrected chi connectivity index (χ0v) is 21.1. The van der Waals surface area contributed by atoms with Crippen LogP contribution in [0.3, 0.4) is 0 Å². The van der Waals surface area contributed by atoms with Gasteiger partial charge < -0.3 is 5.73 Å². The molecule has 0 aliphatic carbocycles. The fourth-order valence-electron chi connectivity index (χ4n) is 4.38. The van der Waals surface area contributed by atoms with E-state index in [0.29, 0.717) is 5.82 Å². The summed E-state index contributed by atoms with van der Waals surface area (Å²) in [4.78, 5) is 16.4. The van der Waals surface area contributed by atoms with Gasteiger partial charge >= 0.3 is 6.18 Å². The molecule has 0 unspecified atom stereocenters. The Bertz CT molecular complexity index is 1440. The van der Waals surface area contributed by atoms with E-state index in [4.69, 9.17) is 5.73 Å². The maximum absolute atomic E-state index is 13.1. The second-order valence-corrected chi connectivity index (χ2v) is 11.0. The van der Waals surface area contributed by atoms with Crippen LogP contribution in [-0.2, 0) is 14.8 Å². The highest BCUT2D eigenvalue weighted by molar-refractivity contribution is 7.89. The average molecular weight is 534 g/mol. The van der Waals surface area contributed by atoms with Crippen LogP contribution < -0.4 is 5.73 Å². The summed E-state index contributed by atoms with van der Waals surface area (Å²) in [6.07, 6.45) is -2.20. The number of halogens is 3. The molecule has 1 aromatic heterocycles. The van der Waals surface area contributed by atoms with Crippen LogP contribution >= 0.6 is 0 Å². The highest BCUT2D eigenvalue weighted by Gasteiger charge is 2.43. The van der Waals surface area contributed by atoms with Gasteiger partial charge in [0.25, 0.3) is 5.91 Å². The first kappa shape index (κ1) is 26.6. The lowest BCUT2D eigenvalue weighted by atomic mass is 9.98. The molecule has 0 spiro atoms. The minimum Gasteiger partial charge on any atom is -0.366 e. The summed E-state index contributed by atoms with van der Waals surface area (Å²) in [6, 6.07) is 11.5. The number of hydrogen-bond donors (Lipinski definition) is 1. The second-order valence-electron chi connectivity index (χ2n) is 9.08. The standard InChI is InChI=1S/C25H26F3N5O3S/c1-16-10-17(2)12-19(11-16)24-30-15-32(31-24)14-22(23(29)34)18-4-3-5-21(13-18)37(35,36)33-8-6-20(7-9-33)25(26,27)28/h3-5,10-15,20H,6-9H2,1-2H3,(H2,29,34)/b22-14+. The van der Waals surface area contributed by atoms with E-state index in [1.54, 1.807) is 0 Å². The molecular formula is C25H26F3N5O3S. The van der Waals surface area contributed by atoms with Crippen molar-refractivity contribution in [2.24, 2.45) is 11.7 Å². The molecule has 0 saturated carbocycles. The molecular weight excluding hydrogens is 507 g/mol. The summed E-state index contributed by atoms with van der Waals surface area (Å²) in [6.45, 7) is 3.43. The Kier molecular flexibility index (Phi) is 7.24. The van der Waals surface area contributed by atoms with Crippen LogP contribution in [0.1, 0.15) is 29.5 Å². The van der Waals surface area contributed by atoms with E-state index in [9.17, 15) is 26.4 Å². The summed E-state index contributed by atoms with van der Waals surface area (Å²) in [5, 5.41) is 4.38. The van der Waals surface area contributed by atoms with E-state index >= 15 is 0 Å². The van der Waals surface area contributed by atoms with Crippen LogP contribution in [0.5, 0.6) is 0 Å². The van der Waals surface area contributed by atoms with Crippen LogP contribution in [0.15, 0.2) is 53.7 Å². The predicted molar refractivity (Wildman–Crippen MR) is 132 cm³/mol. The lowest BCUT2D eigenvalue weighted by Gasteiger charge is -2.32.